The van der Waals surface area contributed by atoms with Gasteiger partial charge in [0.25, 0.3) is 5.91 Å². The molecule has 1 aliphatic rings. The van der Waals surface area contributed by atoms with E-state index in [0.717, 1.165) is 31.0 Å². The van der Waals surface area contributed by atoms with Crippen LogP contribution in [-0.2, 0) is 0 Å². The second kappa shape index (κ2) is 5.54. The lowest BCUT2D eigenvalue weighted by molar-refractivity contribution is 0.0768. The number of benzene rings is 1. The Morgan fingerprint density at radius 1 is 1.35 bits per heavy atom. The zero-order valence-corrected chi connectivity index (χ0v) is 10.7. The van der Waals surface area contributed by atoms with E-state index in [-0.39, 0.29) is 11.7 Å². The molecule has 0 spiro atoms. The van der Waals surface area contributed by atoms with Gasteiger partial charge in [0.2, 0.25) is 0 Å². The van der Waals surface area contributed by atoms with Crippen molar-refractivity contribution in [3.8, 4) is 0 Å². The predicted octanol–water partition coefficient (Wildman–Crippen LogP) is 2.71. The highest BCUT2D eigenvalue weighted by Crippen LogP contribution is 2.16. The second-order valence-electron chi connectivity index (χ2n) is 4.22. The normalized spacial score (nSPS) is 16.7. The van der Waals surface area contributed by atoms with Crippen molar-refractivity contribution in [3.05, 3.63) is 35.1 Å². The molecule has 2 rings (SSSR count). The molecule has 0 unspecified atom stereocenters. The Morgan fingerprint density at radius 2 is 2.18 bits per heavy atom. The van der Waals surface area contributed by atoms with Gasteiger partial charge in [0.1, 0.15) is 5.82 Å². The van der Waals surface area contributed by atoms with E-state index < -0.39 is 0 Å². The third-order valence-corrected chi connectivity index (χ3v) is 3.98. The first-order valence-corrected chi connectivity index (χ1v) is 6.97. The fraction of sp³-hybridized carbons (Fsp3) is 0.462. The Kier molecular flexibility index (Phi) is 4.05. The number of hydrogen-bond acceptors (Lipinski definition) is 2. The summed E-state index contributed by atoms with van der Waals surface area (Å²) in [6.07, 6.45) is 1.04. The quantitative estimate of drug-likeness (QED) is 0.767. The summed E-state index contributed by atoms with van der Waals surface area (Å²) in [5.74, 6) is 1.86. The van der Waals surface area contributed by atoms with E-state index in [1.165, 1.54) is 12.1 Å². The fourth-order valence-corrected chi connectivity index (χ4v) is 2.87. The van der Waals surface area contributed by atoms with Gasteiger partial charge in [-0.25, -0.2) is 4.39 Å². The monoisotopic (exact) mass is 253 g/mol. The molecule has 1 aromatic rings. The van der Waals surface area contributed by atoms with Gasteiger partial charge in [-0.3, -0.25) is 4.79 Å². The third kappa shape index (κ3) is 3.00. The smallest absolute Gasteiger partial charge is 0.254 e. The maximum atomic E-state index is 13.0. The molecule has 1 saturated heterocycles. The van der Waals surface area contributed by atoms with Crippen molar-refractivity contribution in [1.29, 1.82) is 0 Å². The van der Waals surface area contributed by atoms with Gasteiger partial charge in [-0.2, -0.15) is 11.8 Å². The lowest BCUT2D eigenvalue weighted by Gasteiger charge is -2.20. The highest BCUT2D eigenvalue weighted by molar-refractivity contribution is 7.99. The average molecular weight is 253 g/mol. The number of halogens is 1. The summed E-state index contributed by atoms with van der Waals surface area (Å²) >= 11 is 1.88. The van der Waals surface area contributed by atoms with Crippen LogP contribution in [0.3, 0.4) is 0 Å². The molecule has 1 heterocycles. The van der Waals surface area contributed by atoms with Crippen LogP contribution in [0, 0.1) is 12.7 Å². The van der Waals surface area contributed by atoms with Gasteiger partial charge in [-0.15, -0.1) is 0 Å². The predicted molar refractivity (Wildman–Crippen MR) is 69.0 cm³/mol. The minimum absolute atomic E-state index is 0.0324. The molecule has 1 aromatic carbocycles. The Morgan fingerprint density at radius 3 is 2.94 bits per heavy atom. The Labute approximate surface area is 105 Å². The molecule has 0 atom stereocenters. The van der Waals surface area contributed by atoms with Gasteiger partial charge in [0.05, 0.1) is 0 Å². The molecular weight excluding hydrogens is 237 g/mol. The Hall–Kier alpha value is -1.03. The van der Waals surface area contributed by atoms with Crippen molar-refractivity contribution in [2.75, 3.05) is 24.6 Å². The first-order chi connectivity index (χ1) is 8.18. The summed E-state index contributed by atoms with van der Waals surface area (Å²) < 4.78 is 13.0. The van der Waals surface area contributed by atoms with Crippen molar-refractivity contribution < 1.29 is 9.18 Å². The van der Waals surface area contributed by atoms with Gasteiger partial charge < -0.3 is 4.90 Å². The van der Waals surface area contributed by atoms with Crippen LogP contribution in [0.2, 0.25) is 0 Å². The van der Waals surface area contributed by atoms with Crippen molar-refractivity contribution in [2.45, 2.75) is 13.3 Å². The number of hydrogen-bond donors (Lipinski definition) is 0. The second-order valence-corrected chi connectivity index (χ2v) is 5.44. The molecule has 2 nitrogen and oxygen atoms in total. The summed E-state index contributed by atoms with van der Waals surface area (Å²) in [7, 11) is 0. The van der Waals surface area contributed by atoms with Crippen LogP contribution in [-0.4, -0.2) is 35.4 Å². The molecule has 1 fully saturated rings. The Bertz CT molecular complexity index is 414. The summed E-state index contributed by atoms with van der Waals surface area (Å²) in [6.45, 7) is 3.38. The molecule has 0 radical (unpaired) electrons. The number of carbonyl (C=O) groups excluding carboxylic acids is 1. The fourth-order valence-electron chi connectivity index (χ4n) is 1.99. The van der Waals surface area contributed by atoms with Crippen LogP contribution < -0.4 is 0 Å². The maximum Gasteiger partial charge on any atom is 0.254 e. The van der Waals surface area contributed by atoms with Crippen LogP contribution in [0.4, 0.5) is 4.39 Å². The maximum absolute atomic E-state index is 13.0. The number of thioether (sulfide) groups is 1. The number of carbonyl (C=O) groups is 1. The topological polar surface area (TPSA) is 20.3 Å². The number of nitrogens with zero attached hydrogens (tertiary/aromatic N) is 1. The highest BCUT2D eigenvalue weighted by Gasteiger charge is 2.18. The molecule has 4 heteroatoms. The van der Waals surface area contributed by atoms with E-state index in [1.54, 1.807) is 13.0 Å². The van der Waals surface area contributed by atoms with Gasteiger partial charge in [-0.1, -0.05) is 0 Å². The zero-order valence-electron chi connectivity index (χ0n) is 9.91. The molecule has 0 bridgehead atoms. The highest BCUT2D eigenvalue weighted by atomic mass is 32.2. The minimum Gasteiger partial charge on any atom is -0.338 e. The first-order valence-electron chi connectivity index (χ1n) is 5.81. The van der Waals surface area contributed by atoms with Gasteiger partial charge in [0.15, 0.2) is 0 Å². The lowest BCUT2D eigenvalue weighted by atomic mass is 10.1. The Balaban J connectivity index is 2.17. The number of rotatable bonds is 1. The van der Waals surface area contributed by atoms with Crippen LogP contribution in [0.5, 0.6) is 0 Å². The van der Waals surface area contributed by atoms with Gasteiger partial charge in [0, 0.05) is 24.4 Å². The van der Waals surface area contributed by atoms with E-state index in [2.05, 4.69) is 0 Å². The molecular formula is C13H16FNOS. The van der Waals surface area contributed by atoms with Gasteiger partial charge >= 0.3 is 0 Å². The molecule has 92 valence electrons. The lowest BCUT2D eigenvalue weighted by Crippen LogP contribution is -2.33. The zero-order chi connectivity index (χ0) is 12.3. The molecule has 0 aliphatic carbocycles. The third-order valence-electron chi connectivity index (χ3n) is 2.93. The molecule has 0 aromatic heterocycles. The first kappa shape index (κ1) is 12.4. The largest absolute Gasteiger partial charge is 0.338 e. The molecule has 17 heavy (non-hydrogen) atoms. The van der Waals surface area contributed by atoms with Crippen LogP contribution in [0.1, 0.15) is 22.3 Å². The number of aryl methyl sites for hydroxylation is 1. The summed E-state index contributed by atoms with van der Waals surface area (Å²) in [6, 6.07) is 4.36. The van der Waals surface area contributed by atoms with Crippen LogP contribution in [0.25, 0.3) is 0 Å². The standard InChI is InChI=1S/C13H16FNOS/c1-10-9-11(14)3-4-12(10)13(16)15-5-2-7-17-8-6-15/h3-4,9H,2,5-8H2,1H3. The van der Waals surface area contributed by atoms with Gasteiger partial charge in [-0.05, 0) is 42.9 Å². The summed E-state index contributed by atoms with van der Waals surface area (Å²) in [5.41, 5.74) is 1.34. The van der Waals surface area contributed by atoms with E-state index >= 15 is 0 Å². The average Bonchev–Trinajstić information content (AvgIpc) is 2.56. The molecule has 1 amide bonds. The van der Waals surface area contributed by atoms with E-state index in [4.69, 9.17) is 0 Å². The molecule has 0 N–H and O–H groups in total. The minimum atomic E-state index is -0.287. The molecule has 0 saturated carbocycles. The number of amides is 1. The van der Waals surface area contributed by atoms with E-state index in [9.17, 15) is 9.18 Å². The SMILES string of the molecule is Cc1cc(F)ccc1C(=O)N1CCCSCC1. The van der Waals surface area contributed by atoms with Crippen molar-refractivity contribution in [3.63, 3.8) is 0 Å². The van der Waals surface area contributed by atoms with Crippen LogP contribution in [0.15, 0.2) is 18.2 Å². The van der Waals surface area contributed by atoms with E-state index in [0.29, 0.717) is 11.1 Å². The summed E-state index contributed by atoms with van der Waals surface area (Å²) in [4.78, 5) is 14.2. The molecule has 1 aliphatic heterocycles. The van der Waals surface area contributed by atoms with E-state index in [1.807, 2.05) is 16.7 Å². The van der Waals surface area contributed by atoms with Crippen molar-refractivity contribution in [2.24, 2.45) is 0 Å². The summed E-state index contributed by atoms with van der Waals surface area (Å²) in [5, 5.41) is 0. The van der Waals surface area contributed by atoms with Crippen molar-refractivity contribution in [1.82, 2.24) is 4.90 Å². The van der Waals surface area contributed by atoms with Crippen LogP contribution >= 0.6 is 11.8 Å². The van der Waals surface area contributed by atoms with Crippen molar-refractivity contribution >= 4 is 17.7 Å².